The first-order valence-corrected chi connectivity index (χ1v) is 12.3. The molecule has 178 valence electrons. The Kier molecular flexibility index (Phi) is 3.16. The smallest absolute Gasteiger partial charge is 0.135 e. The van der Waals surface area contributed by atoms with Gasteiger partial charge in [0, 0.05) is 27.2 Å². The fourth-order valence-electron chi connectivity index (χ4n) is 5.29. The van der Waals surface area contributed by atoms with Gasteiger partial charge in [-0.25, -0.2) is 0 Å². The molecule has 8 aromatic rings. The number of hydrogen-bond acceptors (Lipinski definition) is 1. The average Bonchev–Trinajstić information content (AvgIpc) is 3.64. The summed E-state index contributed by atoms with van der Waals surface area (Å²) in [6, 6.07) is 26.4. The number of furan rings is 1. The van der Waals surface area contributed by atoms with Crippen molar-refractivity contribution in [3.8, 4) is 27.9 Å². The van der Waals surface area contributed by atoms with E-state index in [0.29, 0.717) is 5.69 Å². The third kappa shape index (κ3) is 3.21. The predicted octanol–water partition coefficient (Wildman–Crippen LogP) is 10.0. The molecule has 0 amide bonds. The number of nitrogens with zero attached hydrogens (tertiary/aromatic N) is 1. The number of benzene rings is 6. The van der Waals surface area contributed by atoms with Gasteiger partial charge in [-0.15, -0.1) is 0 Å². The molecule has 0 atom stereocenters. The van der Waals surface area contributed by atoms with Crippen molar-refractivity contribution >= 4 is 43.7 Å². The second kappa shape index (κ2) is 8.22. The van der Waals surface area contributed by atoms with Crippen LogP contribution in [0.25, 0.3) is 71.7 Å². The van der Waals surface area contributed by atoms with Gasteiger partial charge in [0.25, 0.3) is 0 Å². The standard InChI is InChI=1S/C36H23NO/c1-4-16-33-29(13-1)30-14-2-5-17-34(30)37(33)28-12-8-11-26(22-28)24-9-7-10-25(21-24)27-19-20-36-32(23-27)31-15-3-6-18-35(31)38-36/h1-23H/i1D,2D,4D,5D,13D,14D,16D,17D. The van der Waals surface area contributed by atoms with Gasteiger partial charge in [0.2, 0.25) is 0 Å². The lowest BCUT2D eigenvalue weighted by Gasteiger charge is -2.11. The molecule has 38 heavy (non-hydrogen) atoms. The van der Waals surface area contributed by atoms with E-state index in [4.69, 9.17) is 15.4 Å². The summed E-state index contributed by atoms with van der Waals surface area (Å²) in [5, 5.41) is 2.19. The van der Waals surface area contributed by atoms with Crippen LogP contribution in [0.3, 0.4) is 0 Å². The summed E-state index contributed by atoms with van der Waals surface area (Å²) in [6.45, 7) is 0. The molecule has 0 aliphatic heterocycles. The van der Waals surface area contributed by atoms with Gasteiger partial charge in [-0.1, -0.05) is 90.9 Å². The number of hydrogen-bond donors (Lipinski definition) is 0. The summed E-state index contributed by atoms with van der Waals surface area (Å²) in [5.74, 6) is 0. The Morgan fingerprint density at radius 2 is 1.08 bits per heavy atom. The topological polar surface area (TPSA) is 18.1 Å². The van der Waals surface area contributed by atoms with Gasteiger partial charge < -0.3 is 8.98 Å². The number of para-hydroxylation sites is 3. The predicted molar refractivity (Wildman–Crippen MR) is 159 cm³/mol. The molecule has 0 spiro atoms. The van der Waals surface area contributed by atoms with Crippen molar-refractivity contribution in [2.24, 2.45) is 0 Å². The zero-order valence-corrected chi connectivity index (χ0v) is 20.0. The summed E-state index contributed by atoms with van der Waals surface area (Å²) in [5.41, 5.74) is 6.09. The minimum atomic E-state index is -0.462. The normalized spacial score (nSPS) is 14.6. The Morgan fingerprint density at radius 3 is 1.84 bits per heavy atom. The maximum absolute atomic E-state index is 8.80. The third-order valence-corrected chi connectivity index (χ3v) is 7.04. The lowest BCUT2D eigenvalue weighted by molar-refractivity contribution is 0.669. The Balaban J connectivity index is 1.34. The highest BCUT2D eigenvalue weighted by Crippen LogP contribution is 2.35. The van der Waals surface area contributed by atoms with E-state index in [-0.39, 0.29) is 46.0 Å². The number of rotatable bonds is 3. The molecule has 6 aromatic carbocycles. The summed E-state index contributed by atoms with van der Waals surface area (Å²) < 4.78 is 75.8. The van der Waals surface area contributed by atoms with Gasteiger partial charge in [-0.3, -0.25) is 0 Å². The molecule has 0 radical (unpaired) electrons. The first-order valence-electron chi connectivity index (χ1n) is 16.3. The number of aromatic nitrogens is 1. The van der Waals surface area contributed by atoms with Crippen LogP contribution in [0.2, 0.25) is 0 Å². The average molecular weight is 494 g/mol. The fourth-order valence-corrected chi connectivity index (χ4v) is 5.29. The molecule has 0 saturated carbocycles. The second-order valence-electron chi connectivity index (χ2n) is 9.22. The first-order chi connectivity index (χ1) is 22.2. The molecule has 0 saturated heterocycles. The lowest BCUT2D eigenvalue weighted by Crippen LogP contribution is -1.94. The highest BCUT2D eigenvalue weighted by molar-refractivity contribution is 6.09. The van der Waals surface area contributed by atoms with Crippen LogP contribution < -0.4 is 0 Å². The molecule has 0 unspecified atom stereocenters. The van der Waals surface area contributed by atoms with Gasteiger partial charge in [-0.05, 0) is 70.7 Å². The van der Waals surface area contributed by atoms with Crippen molar-refractivity contribution < 1.29 is 15.4 Å². The van der Waals surface area contributed by atoms with Crippen LogP contribution in [0, 0.1) is 0 Å². The maximum Gasteiger partial charge on any atom is 0.135 e. The van der Waals surface area contributed by atoms with Crippen LogP contribution in [0.5, 0.6) is 0 Å². The van der Waals surface area contributed by atoms with Crippen molar-refractivity contribution in [3.05, 3.63) is 139 Å². The molecule has 2 heteroatoms. The lowest BCUT2D eigenvalue weighted by atomic mass is 9.97. The van der Waals surface area contributed by atoms with Gasteiger partial charge in [0.1, 0.15) is 11.2 Å². The summed E-state index contributed by atoms with van der Waals surface area (Å²) in [6.07, 6.45) is 0. The molecule has 2 aromatic heterocycles. The van der Waals surface area contributed by atoms with E-state index in [0.717, 1.165) is 44.2 Å². The van der Waals surface area contributed by atoms with Gasteiger partial charge in [0.05, 0.1) is 22.0 Å². The molecular formula is C36H23NO. The molecule has 8 rings (SSSR count). The molecule has 0 N–H and O–H groups in total. The number of fused-ring (bicyclic) bond motifs is 6. The van der Waals surface area contributed by atoms with Crippen molar-refractivity contribution in [2.75, 3.05) is 0 Å². The van der Waals surface area contributed by atoms with Crippen molar-refractivity contribution in [1.82, 2.24) is 4.57 Å². The van der Waals surface area contributed by atoms with E-state index >= 15 is 0 Å². The van der Waals surface area contributed by atoms with Crippen LogP contribution in [0.1, 0.15) is 11.0 Å². The van der Waals surface area contributed by atoms with Crippen LogP contribution in [0.15, 0.2) is 144 Å². The van der Waals surface area contributed by atoms with Crippen LogP contribution in [-0.2, 0) is 0 Å². The van der Waals surface area contributed by atoms with Crippen LogP contribution in [0.4, 0.5) is 0 Å². The zero-order valence-electron chi connectivity index (χ0n) is 28.0. The third-order valence-electron chi connectivity index (χ3n) is 7.04. The second-order valence-corrected chi connectivity index (χ2v) is 9.22. The molecule has 0 aliphatic carbocycles. The molecular weight excluding hydrogens is 462 g/mol. The summed E-state index contributed by atoms with van der Waals surface area (Å²) in [4.78, 5) is 0. The SMILES string of the molecule is [2H]c1c([2H])c([2H])c2c(c1[2H])c1c([2H])c([2H])c([2H])c([2H])c1n2-c1cccc(-c2cccc(-c3ccc4oc5ccccc5c4c3)c2)c1. The van der Waals surface area contributed by atoms with Gasteiger partial charge in [0.15, 0.2) is 0 Å². The van der Waals surface area contributed by atoms with E-state index in [1.807, 2.05) is 72.8 Å². The molecule has 0 aliphatic rings. The summed E-state index contributed by atoms with van der Waals surface area (Å²) in [7, 11) is 0. The molecule has 2 nitrogen and oxygen atoms in total. The molecule has 0 bridgehead atoms. The minimum Gasteiger partial charge on any atom is -0.456 e. The summed E-state index contributed by atoms with van der Waals surface area (Å²) >= 11 is 0. The highest BCUT2D eigenvalue weighted by atomic mass is 16.3. The fraction of sp³-hybridized carbons (Fsp3) is 0. The largest absolute Gasteiger partial charge is 0.456 e. The van der Waals surface area contributed by atoms with E-state index in [2.05, 4.69) is 12.1 Å². The zero-order chi connectivity index (χ0) is 32.0. The van der Waals surface area contributed by atoms with E-state index in [1.165, 1.54) is 4.57 Å². The van der Waals surface area contributed by atoms with Gasteiger partial charge in [-0.2, -0.15) is 0 Å². The van der Waals surface area contributed by atoms with E-state index < -0.39 is 24.2 Å². The quantitative estimate of drug-likeness (QED) is 0.239. The van der Waals surface area contributed by atoms with Crippen molar-refractivity contribution in [1.29, 1.82) is 0 Å². The molecule has 0 fully saturated rings. The first kappa shape index (κ1) is 14.6. The Labute approximate surface area is 231 Å². The highest BCUT2D eigenvalue weighted by Gasteiger charge is 2.13. The molecule has 2 heterocycles. The Morgan fingerprint density at radius 1 is 0.474 bits per heavy atom. The van der Waals surface area contributed by atoms with Crippen molar-refractivity contribution in [2.45, 2.75) is 0 Å². The minimum absolute atomic E-state index is 0.0579. The van der Waals surface area contributed by atoms with Gasteiger partial charge >= 0.3 is 0 Å². The van der Waals surface area contributed by atoms with Crippen LogP contribution >= 0.6 is 0 Å². The van der Waals surface area contributed by atoms with Crippen molar-refractivity contribution in [3.63, 3.8) is 0 Å². The Hall–Kier alpha value is -5.08. The van der Waals surface area contributed by atoms with E-state index in [1.54, 1.807) is 6.07 Å². The maximum atomic E-state index is 8.80. The Bertz CT molecular complexity index is 2510. The van der Waals surface area contributed by atoms with Crippen LogP contribution in [-0.4, -0.2) is 4.57 Å². The monoisotopic (exact) mass is 493 g/mol. The van der Waals surface area contributed by atoms with E-state index in [9.17, 15) is 0 Å².